The van der Waals surface area contributed by atoms with Crippen molar-refractivity contribution in [3.63, 3.8) is 0 Å². The van der Waals surface area contributed by atoms with Gasteiger partial charge >= 0.3 is 6.03 Å². The normalized spacial score (nSPS) is 14.9. The minimum Gasteiger partial charge on any atom is -0.508 e. The van der Waals surface area contributed by atoms with Crippen molar-refractivity contribution in [2.75, 3.05) is 32.8 Å². The van der Waals surface area contributed by atoms with Crippen LogP contribution < -0.4 is 65.9 Å². The van der Waals surface area contributed by atoms with Gasteiger partial charge in [0.15, 0.2) is 17.7 Å². The molecule has 0 bridgehead atoms. The summed E-state index contributed by atoms with van der Waals surface area (Å²) in [5.41, 5.74) is 29.6. The van der Waals surface area contributed by atoms with E-state index in [0.717, 1.165) is 16.3 Å². The number of phenols is 1. The number of aromatic hydroxyl groups is 1. The van der Waals surface area contributed by atoms with Gasteiger partial charge in [-0.25, -0.2) is 4.79 Å². The van der Waals surface area contributed by atoms with E-state index in [0.29, 0.717) is 24.0 Å². The Morgan fingerprint density at radius 2 is 1.14 bits per heavy atom. The number of aliphatic hydroxyl groups is 1. The monoisotopic (exact) mass is 1180 g/mol. The number of nitrogens with two attached hydrogens (primary N) is 5. The minimum absolute atomic E-state index is 0.00463. The van der Waals surface area contributed by atoms with Crippen molar-refractivity contribution in [2.24, 2.45) is 44.6 Å². The highest BCUT2D eigenvalue weighted by molar-refractivity contribution is 6.02. The summed E-state index contributed by atoms with van der Waals surface area (Å²) in [7, 11) is 0. The highest BCUT2D eigenvalue weighted by Gasteiger charge is 2.39. The van der Waals surface area contributed by atoms with Crippen LogP contribution in [-0.2, 0) is 57.6 Å². The van der Waals surface area contributed by atoms with Crippen molar-refractivity contribution in [1.29, 1.82) is 0 Å². The summed E-state index contributed by atoms with van der Waals surface area (Å²) in [4.78, 5) is 134. The first-order valence-electron chi connectivity index (χ1n) is 28.3. The number of Topliss-reactive ketones (excluding diaryl/α,β-unsaturated/α-hetero) is 1. The standard InChI is InChI=1S/C59H81N15O11/c1-35(2)30-44(52(80)69-43(19-10-27-66-58(63)64)56(84)74-29-11-20-48(74)49(77)33-50(60)78)70-51(79)42(18-9-26-65-57(61)62)68-53(81)45(31-37-21-23-40(76)24-22-37)71-55(83)47(34-75)72-54(82)46(32-39-16-8-15-38-14-6-7-17-41(38)39)73-59(85)67-28-25-36-12-4-3-5-13-36/h3-8,12-17,21-24,35,42-48,75-76H,9-11,18-20,25-34H2,1-2H3,(H2,60,78)(H,68,81)(H,69,80)(H,70,79)(H,71,83)(H,72,82)(H4,61,62,65)(H4,63,64,66)(H2,67,73,85)/t42-,43+,44+,45+,46+,47+,48+/m1/s1. The molecule has 0 spiro atoms. The van der Waals surface area contributed by atoms with Gasteiger partial charge in [0.1, 0.15) is 42.0 Å². The summed E-state index contributed by atoms with van der Waals surface area (Å²) >= 11 is 0. The molecule has 0 saturated carbocycles. The number of nitrogens with one attached hydrogen (secondary N) is 7. The van der Waals surface area contributed by atoms with Crippen LogP contribution in [0.5, 0.6) is 5.75 Å². The SMILES string of the molecule is CC(C)C[C@H](NC(=O)[C@@H](CCCN=C(N)N)NC(=O)[C@H](Cc1ccc(O)cc1)NC(=O)[C@H](CO)NC(=O)[C@H](Cc1cccc2ccccc12)NC(=O)NCCc1ccccc1)C(=O)N[C@@H](CCCN=C(N)N)C(=O)N1CCC[C@H]1C(=O)CC(N)=O. The number of amides is 9. The maximum absolute atomic E-state index is 14.7. The van der Waals surface area contributed by atoms with E-state index in [2.05, 4.69) is 47.2 Å². The zero-order valence-electron chi connectivity index (χ0n) is 48.0. The number of hydrogen-bond acceptors (Lipinski definition) is 13. The molecule has 0 aliphatic carbocycles. The van der Waals surface area contributed by atoms with Gasteiger partial charge in [-0.05, 0) is 96.9 Å². The summed E-state index contributed by atoms with van der Waals surface area (Å²) in [5, 5.41) is 41.3. The molecule has 26 heteroatoms. The lowest BCUT2D eigenvalue weighted by atomic mass is 9.98. The fraction of sp³-hybridized carbons (Fsp3) is 0.441. The summed E-state index contributed by atoms with van der Waals surface area (Å²) in [5.74, 6) is -7.18. The van der Waals surface area contributed by atoms with Crippen LogP contribution in [0.15, 0.2) is 107 Å². The van der Waals surface area contributed by atoms with Crippen molar-refractivity contribution in [2.45, 2.75) is 127 Å². The number of fused-ring (bicyclic) bond motifs is 1. The Morgan fingerprint density at radius 1 is 0.600 bits per heavy atom. The lowest BCUT2D eigenvalue weighted by Gasteiger charge is -2.30. The van der Waals surface area contributed by atoms with Gasteiger partial charge in [0.05, 0.1) is 19.1 Å². The Balaban J connectivity index is 1.39. The van der Waals surface area contributed by atoms with Crippen LogP contribution in [0.4, 0.5) is 4.79 Å². The lowest BCUT2D eigenvalue weighted by Crippen LogP contribution is -2.61. The van der Waals surface area contributed by atoms with Gasteiger partial charge in [0.25, 0.3) is 0 Å². The van der Waals surface area contributed by atoms with Gasteiger partial charge < -0.3 is 81.0 Å². The summed E-state index contributed by atoms with van der Waals surface area (Å²) in [6, 6.07) is 18.0. The Morgan fingerprint density at radius 3 is 1.78 bits per heavy atom. The molecule has 85 heavy (non-hydrogen) atoms. The van der Waals surface area contributed by atoms with E-state index < -0.39 is 108 Å². The van der Waals surface area contributed by atoms with Crippen LogP contribution >= 0.6 is 0 Å². The van der Waals surface area contributed by atoms with Crippen molar-refractivity contribution in [3.05, 3.63) is 114 Å². The van der Waals surface area contributed by atoms with E-state index >= 15 is 0 Å². The molecule has 1 saturated heterocycles. The quantitative estimate of drug-likeness (QED) is 0.0121. The molecule has 1 heterocycles. The molecule has 4 aromatic rings. The molecule has 0 unspecified atom stereocenters. The van der Waals surface area contributed by atoms with Crippen molar-refractivity contribution in [3.8, 4) is 5.75 Å². The zero-order chi connectivity index (χ0) is 62.0. The second kappa shape index (κ2) is 33.7. The maximum atomic E-state index is 14.7. The van der Waals surface area contributed by atoms with Crippen LogP contribution in [0, 0.1) is 5.92 Å². The smallest absolute Gasteiger partial charge is 0.315 e. The first-order valence-corrected chi connectivity index (χ1v) is 28.3. The number of urea groups is 1. The van der Waals surface area contributed by atoms with Gasteiger partial charge in [-0.2, -0.15) is 0 Å². The highest BCUT2D eigenvalue weighted by Crippen LogP contribution is 2.23. The van der Waals surface area contributed by atoms with Gasteiger partial charge in [-0.1, -0.05) is 98.8 Å². The average Bonchev–Trinajstić information content (AvgIpc) is 3.89. The minimum atomic E-state index is -1.69. The van der Waals surface area contributed by atoms with E-state index in [4.69, 9.17) is 28.7 Å². The molecular formula is C59H81N15O11. The Bertz CT molecular complexity index is 2980. The average molecular weight is 1180 g/mol. The van der Waals surface area contributed by atoms with Crippen LogP contribution in [0.2, 0.25) is 0 Å². The third kappa shape index (κ3) is 22.1. The van der Waals surface area contributed by atoms with E-state index in [1.807, 2.05) is 66.7 Å². The summed E-state index contributed by atoms with van der Waals surface area (Å²) in [6.07, 6.45) is 0.601. The molecule has 9 amide bonds. The Labute approximate surface area is 493 Å². The van der Waals surface area contributed by atoms with Crippen LogP contribution in [0.1, 0.15) is 81.9 Å². The van der Waals surface area contributed by atoms with Gasteiger partial charge in [-0.15, -0.1) is 0 Å². The number of carbonyl (C=O) groups is 9. The number of phenolic OH excluding ortho intramolecular Hbond substituents is 1. The number of likely N-dealkylation sites (tertiary alicyclic amines) is 1. The molecule has 19 N–H and O–H groups in total. The van der Waals surface area contributed by atoms with Gasteiger partial charge in [0, 0.05) is 39.0 Å². The Kier molecular flexibility index (Phi) is 26.3. The van der Waals surface area contributed by atoms with Crippen LogP contribution in [0.25, 0.3) is 10.8 Å². The third-order valence-corrected chi connectivity index (χ3v) is 14.0. The molecule has 458 valence electrons. The number of guanidine groups is 2. The second-order valence-corrected chi connectivity index (χ2v) is 21.2. The second-order valence-electron chi connectivity index (χ2n) is 21.2. The molecule has 0 aromatic heterocycles. The van der Waals surface area contributed by atoms with Crippen molar-refractivity contribution in [1.82, 2.24) is 42.1 Å². The number of rotatable bonds is 33. The molecule has 4 aromatic carbocycles. The third-order valence-electron chi connectivity index (χ3n) is 14.0. The Hall–Kier alpha value is -9.33. The van der Waals surface area contributed by atoms with Gasteiger partial charge in [0.2, 0.25) is 41.4 Å². The number of primary amides is 1. The van der Waals surface area contributed by atoms with Crippen molar-refractivity contribution >= 4 is 75.9 Å². The van der Waals surface area contributed by atoms with Crippen LogP contribution in [-0.4, -0.2) is 155 Å². The van der Waals surface area contributed by atoms with Gasteiger partial charge in [-0.3, -0.25) is 48.3 Å². The molecule has 1 aliphatic heterocycles. The first kappa shape index (κ1) is 66.5. The number of aliphatic hydroxyl groups excluding tert-OH is 1. The van der Waals surface area contributed by atoms with Crippen LogP contribution in [0.3, 0.4) is 0 Å². The molecule has 0 radical (unpaired) electrons. The molecule has 26 nitrogen and oxygen atoms in total. The summed E-state index contributed by atoms with van der Waals surface area (Å²) in [6.45, 7) is 3.12. The topological polar surface area (TPSA) is 436 Å². The first-order chi connectivity index (χ1) is 40.6. The zero-order valence-corrected chi connectivity index (χ0v) is 48.0. The number of aliphatic imine (C=N–C) groups is 2. The van der Waals surface area contributed by atoms with E-state index in [9.17, 15) is 53.4 Å². The predicted octanol–water partition coefficient (Wildman–Crippen LogP) is -0.754. The largest absolute Gasteiger partial charge is 0.508 e. The highest BCUT2D eigenvalue weighted by atomic mass is 16.3. The maximum Gasteiger partial charge on any atom is 0.315 e. The fourth-order valence-electron chi connectivity index (χ4n) is 9.80. The number of hydrogen-bond donors (Lipinski definition) is 14. The molecular weight excluding hydrogens is 1090 g/mol. The lowest BCUT2D eigenvalue weighted by molar-refractivity contribution is -0.142. The van der Waals surface area contributed by atoms with E-state index in [1.54, 1.807) is 19.9 Å². The predicted molar refractivity (Wildman–Crippen MR) is 320 cm³/mol. The summed E-state index contributed by atoms with van der Waals surface area (Å²) < 4.78 is 0. The van der Waals surface area contributed by atoms with E-state index in [1.165, 1.54) is 29.2 Å². The van der Waals surface area contributed by atoms with E-state index in [-0.39, 0.29) is 101 Å². The molecule has 5 rings (SSSR count). The van der Waals surface area contributed by atoms with Crippen molar-refractivity contribution < 1.29 is 53.4 Å². The molecule has 1 aliphatic rings. The number of benzene rings is 4. The number of nitrogens with zero attached hydrogens (tertiary/aromatic N) is 3. The fourth-order valence-corrected chi connectivity index (χ4v) is 9.80. The number of carbonyl (C=O) groups excluding carboxylic acids is 9. The number of ketones is 1. The molecule has 7 atom stereocenters. The molecule has 1 fully saturated rings.